The number of halogens is 1. The summed E-state index contributed by atoms with van der Waals surface area (Å²) in [5, 5.41) is 18.9. The first kappa shape index (κ1) is 16.6. The molecule has 0 bridgehead atoms. The van der Waals surface area contributed by atoms with E-state index in [1.54, 1.807) is 54.5 Å². The molecule has 27 heavy (non-hydrogen) atoms. The molecule has 0 saturated carbocycles. The molecule has 2 aromatic heterocycles. The SMILES string of the molecule is Cn1nnc(-c2ccccc2F)c1-c1cn(-c2ccc([N+](=O)[O-])cc2)cn1. The van der Waals surface area contributed by atoms with Crippen LogP contribution in [0.3, 0.4) is 0 Å². The average Bonchev–Trinajstić information content (AvgIpc) is 3.29. The first-order valence-electron chi connectivity index (χ1n) is 7.98. The summed E-state index contributed by atoms with van der Waals surface area (Å²) in [5.74, 6) is -0.394. The fraction of sp³-hybridized carbons (Fsp3) is 0.0556. The molecule has 2 aromatic carbocycles. The maximum Gasteiger partial charge on any atom is 0.269 e. The predicted molar refractivity (Wildman–Crippen MR) is 95.6 cm³/mol. The van der Waals surface area contributed by atoms with Crippen LogP contribution in [0.5, 0.6) is 0 Å². The molecule has 134 valence electrons. The van der Waals surface area contributed by atoms with Crippen molar-refractivity contribution < 1.29 is 9.31 Å². The molecule has 0 aliphatic heterocycles. The molecule has 0 saturated heterocycles. The van der Waals surface area contributed by atoms with Gasteiger partial charge >= 0.3 is 0 Å². The second-order valence-corrected chi connectivity index (χ2v) is 5.83. The van der Waals surface area contributed by atoms with Gasteiger partial charge in [0.05, 0.1) is 11.3 Å². The Morgan fingerprint density at radius 3 is 2.56 bits per heavy atom. The summed E-state index contributed by atoms with van der Waals surface area (Å²) < 4.78 is 17.4. The van der Waals surface area contributed by atoms with E-state index in [0.29, 0.717) is 28.3 Å². The van der Waals surface area contributed by atoms with E-state index in [2.05, 4.69) is 15.3 Å². The Bertz CT molecular complexity index is 1130. The number of benzene rings is 2. The zero-order valence-electron chi connectivity index (χ0n) is 14.2. The van der Waals surface area contributed by atoms with E-state index in [1.807, 2.05) is 0 Å². The monoisotopic (exact) mass is 364 g/mol. The quantitative estimate of drug-likeness (QED) is 0.409. The number of aromatic nitrogens is 5. The summed E-state index contributed by atoms with van der Waals surface area (Å²) in [6.07, 6.45) is 3.32. The van der Waals surface area contributed by atoms with Crippen molar-refractivity contribution in [3.05, 3.63) is 77.0 Å². The topological polar surface area (TPSA) is 91.7 Å². The summed E-state index contributed by atoms with van der Waals surface area (Å²) in [4.78, 5) is 14.7. The van der Waals surface area contributed by atoms with Crippen LogP contribution in [0.2, 0.25) is 0 Å². The van der Waals surface area contributed by atoms with Crippen LogP contribution in [-0.2, 0) is 7.05 Å². The second-order valence-electron chi connectivity index (χ2n) is 5.83. The van der Waals surface area contributed by atoms with Crippen LogP contribution in [-0.4, -0.2) is 29.5 Å². The number of aryl methyl sites for hydroxylation is 1. The Morgan fingerprint density at radius 1 is 1.11 bits per heavy atom. The highest BCUT2D eigenvalue weighted by Crippen LogP contribution is 2.30. The molecular formula is C18H13FN6O2. The zero-order valence-corrected chi connectivity index (χ0v) is 14.2. The zero-order chi connectivity index (χ0) is 19.0. The van der Waals surface area contributed by atoms with Gasteiger partial charge in [0.1, 0.15) is 22.9 Å². The van der Waals surface area contributed by atoms with Crippen molar-refractivity contribution >= 4 is 5.69 Å². The van der Waals surface area contributed by atoms with Crippen molar-refractivity contribution in [3.8, 4) is 28.3 Å². The molecule has 0 spiro atoms. The third-order valence-electron chi connectivity index (χ3n) is 4.14. The average molecular weight is 364 g/mol. The molecule has 8 nitrogen and oxygen atoms in total. The summed E-state index contributed by atoms with van der Waals surface area (Å²) >= 11 is 0. The number of nitro benzene ring substituents is 1. The van der Waals surface area contributed by atoms with Gasteiger partial charge in [-0.1, -0.05) is 17.3 Å². The van der Waals surface area contributed by atoms with Gasteiger partial charge in [-0.15, -0.1) is 5.10 Å². The Morgan fingerprint density at radius 2 is 1.85 bits per heavy atom. The third-order valence-corrected chi connectivity index (χ3v) is 4.14. The van der Waals surface area contributed by atoms with Gasteiger partial charge in [0.25, 0.3) is 5.69 Å². The first-order chi connectivity index (χ1) is 13.0. The number of hydrogen-bond acceptors (Lipinski definition) is 5. The molecule has 0 amide bonds. The number of nitro groups is 1. The maximum absolute atomic E-state index is 14.2. The van der Waals surface area contributed by atoms with E-state index in [0.717, 1.165) is 0 Å². The Kier molecular flexibility index (Phi) is 3.96. The second kappa shape index (κ2) is 6.45. The minimum absolute atomic E-state index is 0.0109. The van der Waals surface area contributed by atoms with Gasteiger partial charge in [0.2, 0.25) is 0 Å². The van der Waals surface area contributed by atoms with Crippen LogP contribution in [0.1, 0.15) is 0 Å². The number of imidazole rings is 1. The van der Waals surface area contributed by atoms with Gasteiger partial charge in [0, 0.05) is 36.6 Å². The highest BCUT2D eigenvalue weighted by molar-refractivity contribution is 5.76. The van der Waals surface area contributed by atoms with Gasteiger partial charge < -0.3 is 4.57 Å². The van der Waals surface area contributed by atoms with E-state index < -0.39 is 10.7 Å². The van der Waals surface area contributed by atoms with Crippen LogP contribution in [0.25, 0.3) is 28.3 Å². The Hall–Kier alpha value is -3.88. The standard InChI is InChI=1S/C18H13FN6O2/c1-23-18(17(21-22-23)14-4-2-3-5-15(14)19)16-10-24(11-20-16)12-6-8-13(9-7-12)25(26)27/h2-11H,1H3. The van der Waals surface area contributed by atoms with Crippen LogP contribution in [0, 0.1) is 15.9 Å². The predicted octanol–water partition coefficient (Wildman–Crippen LogP) is 3.38. The molecule has 4 rings (SSSR count). The smallest absolute Gasteiger partial charge is 0.269 e. The van der Waals surface area contributed by atoms with E-state index in [4.69, 9.17) is 0 Å². The largest absolute Gasteiger partial charge is 0.306 e. The van der Waals surface area contributed by atoms with E-state index >= 15 is 0 Å². The third kappa shape index (κ3) is 2.95. The molecule has 0 fully saturated rings. The summed E-state index contributed by atoms with van der Waals surface area (Å²) in [6.45, 7) is 0. The molecule has 0 unspecified atom stereocenters. The number of rotatable bonds is 4. The van der Waals surface area contributed by atoms with Crippen molar-refractivity contribution in [3.63, 3.8) is 0 Å². The van der Waals surface area contributed by atoms with Crippen molar-refractivity contribution in [1.82, 2.24) is 24.5 Å². The lowest BCUT2D eigenvalue weighted by molar-refractivity contribution is -0.384. The van der Waals surface area contributed by atoms with Gasteiger partial charge in [0.15, 0.2) is 0 Å². The van der Waals surface area contributed by atoms with Crippen molar-refractivity contribution in [2.75, 3.05) is 0 Å². The molecule has 0 N–H and O–H groups in total. The number of non-ortho nitro benzene ring substituents is 1. The highest BCUT2D eigenvalue weighted by Gasteiger charge is 2.19. The van der Waals surface area contributed by atoms with Crippen LogP contribution in [0.15, 0.2) is 61.1 Å². The van der Waals surface area contributed by atoms with E-state index in [9.17, 15) is 14.5 Å². The van der Waals surface area contributed by atoms with Crippen LogP contribution in [0.4, 0.5) is 10.1 Å². The number of nitrogens with zero attached hydrogens (tertiary/aromatic N) is 6. The normalized spacial score (nSPS) is 10.9. The van der Waals surface area contributed by atoms with Crippen molar-refractivity contribution in [2.45, 2.75) is 0 Å². The molecule has 0 aliphatic carbocycles. The summed E-state index contributed by atoms with van der Waals surface area (Å²) in [5.41, 5.74) is 2.58. The van der Waals surface area contributed by atoms with Crippen molar-refractivity contribution in [2.24, 2.45) is 7.05 Å². The van der Waals surface area contributed by atoms with Crippen molar-refractivity contribution in [1.29, 1.82) is 0 Å². The lowest BCUT2D eigenvalue weighted by Crippen LogP contribution is -1.95. The lowest BCUT2D eigenvalue weighted by Gasteiger charge is -2.03. The fourth-order valence-corrected chi connectivity index (χ4v) is 2.81. The maximum atomic E-state index is 14.2. The van der Waals surface area contributed by atoms with E-state index in [-0.39, 0.29) is 5.69 Å². The number of hydrogen-bond donors (Lipinski definition) is 0. The van der Waals surface area contributed by atoms with Crippen LogP contribution >= 0.6 is 0 Å². The summed E-state index contributed by atoms with van der Waals surface area (Å²) in [7, 11) is 1.71. The molecule has 2 heterocycles. The molecule has 4 aromatic rings. The minimum Gasteiger partial charge on any atom is -0.306 e. The minimum atomic E-state index is -0.453. The Balaban J connectivity index is 1.75. The molecule has 0 radical (unpaired) electrons. The van der Waals surface area contributed by atoms with Gasteiger partial charge in [-0.05, 0) is 24.3 Å². The van der Waals surface area contributed by atoms with Gasteiger partial charge in [-0.25, -0.2) is 14.1 Å². The molecular weight excluding hydrogens is 351 g/mol. The van der Waals surface area contributed by atoms with Gasteiger partial charge in [-0.2, -0.15) is 0 Å². The molecule has 9 heteroatoms. The van der Waals surface area contributed by atoms with Gasteiger partial charge in [-0.3, -0.25) is 10.1 Å². The Labute approximate surface area is 152 Å². The fourth-order valence-electron chi connectivity index (χ4n) is 2.81. The van der Waals surface area contributed by atoms with Crippen LogP contribution < -0.4 is 0 Å². The highest BCUT2D eigenvalue weighted by atomic mass is 19.1. The lowest BCUT2D eigenvalue weighted by atomic mass is 10.1. The summed E-state index contributed by atoms with van der Waals surface area (Å²) in [6, 6.07) is 12.4. The van der Waals surface area contributed by atoms with E-state index in [1.165, 1.54) is 22.9 Å². The first-order valence-corrected chi connectivity index (χ1v) is 7.98. The molecule has 0 aliphatic rings. The molecule has 0 atom stereocenters.